The van der Waals surface area contributed by atoms with E-state index >= 15 is 0 Å². The van der Waals surface area contributed by atoms with Crippen molar-refractivity contribution in [3.63, 3.8) is 0 Å². The van der Waals surface area contributed by atoms with Gasteiger partial charge in [0.15, 0.2) is 9.84 Å². The average molecular weight is 438 g/mol. The Labute approximate surface area is 175 Å². The number of carbonyl (C=O) groups excluding carboxylic acids is 1. The van der Waals surface area contributed by atoms with Crippen LogP contribution in [0.3, 0.4) is 0 Å². The fourth-order valence-electron chi connectivity index (χ4n) is 3.76. The largest absolute Gasteiger partial charge is 0.493 e. The Hall–Kier alpha value is -2.43. The highest BCUT2D eigenvalue weighted by Crippen LogP contribution is 2.38. The van der Waals surface area contributed by atoms with Crippen LogP contribution in [0.5, 0.6) is 5.75 Å². The van der Waals surface area contributed by atoms with Crippen molar-refractivity contribution >= 4 is 15.7 Å². The number of aromatic nitrogens is 2. The van der Waals surface area contributed by atoms with Gasteiger partial charge in [-0.1, -0.05) is 0 Å². The van der Waals surface area contributed by atoms with Gasteiger partial charge in [-0.25, -0.2) is 8.42 Å². The van der Waals surface area contributed by atoms with Crippen LogP contribution in [-0.2, 0) is 16.9 Å². The van der Waals surface area contributed by atoms with Gasteiger partial charge in [0.1, 0.15) is 11.4 Å². The second kappa shape index (κ2) is 8.37. The first kappa shape index (κ1) is 22.3. The molecule has 1 aromatic heterocycles. The number of aryl methyl sites for hydroxylation is 2. The van der Waals surface area contributed by atoms with Crippen molar-refractivity contribution in [3.05, 3.63) is 41.7 Å². The zero-order chi connectivity index (χ0) is 22.1. The van der Waals surface area contributed by atoms with Gasteiger partial charge in [0.25, 0.3) is 5.91 Å². The molecule has 1 aromatic carbocycles. The lowest BCUT2D eigenvalue weighted by atomic mass is 9.86. The van der Waals surface area contributed by atoms with Crippen LogP contribution >= 0.6 is 0 Å². The summed E-state index contributed by atoms with van der Waals surface area (Å²) < 4.78 is 30.5. The number of nitrogens with zero attached hydrogens (tertiary/aromatic N) is 2. The number of carbonyl (C=O) groups is 1. The molecule has 2 atom stereocenters. The predicted octanol–water partition coefficient (Wildman–Crippen LogP) is 0.443. The Morgan fingerprint density at radius 1 is 1.27 bits per heavy atom. The van der Waals surface area contributed by atoms with Crippen molar-refractivity contribution in [1.29, 1.82) is 0 Å². The molecule has 1 aliphatic rings. The molecule has 164 valence electrons. The molecule has 2 aromatic rings. The minimum absolute atomic E-state index is 0.143. The molecule has 9 nitrogen and oxygen atoms in total. The van der Waals surface area contributed by atoms with E-state index < -0.39 is 27.5 Å². The lowest BCUT2D eigenvalue weighted by molar-refractivity contribution is 0.0438. The van der Waals surface area contributed by atoms with Crippen molar-refractivity contribution in [2.45, 2.75) is 36.9 Å². The number of ether oxygens (including phenoxy) is 1. The molecule has 0 saturated heterocycles. The molecule has 1 aliphatic carbocycles. The number of hydrogen-bond acceptors (Lipinski definition) is 7. The molecule has 0 bridgehead atoms. The quantitative estimate of drug-likeness (QED) is 0.573. The highest BCUT2D eigenvalue weighted by atomic mass is 32.2. The minimum atomic E-state index is -3.30. The van der Waals surface area contributed by atoms with Crippen LogP contribution in [-0.4, -0.2) is 65.9 Å². The van der Waals surface area contributed by atoms with Gasteiger partial charge in [-0.3, -0.25) is 9.48 Å². The zero-order valence-electron chi connectivity index (χ0n) is 17.2. The molecular weight excluding hydrogens is 410 g/mol. The maximum absolute atomic E-state index is 12.6. The number of nitrogens with one attached hydrogen (secondary N) is 1. The average Bonchev–Trinajstić information content (AvgIpc) is 3.16. The molecule has 1 fully saturated rings. The van der Waals surface area contributed by atoms with Gasteiger partial charge in [0.2, 0.25) is 0 Å². The molecule has 10 heteroatoms. The lowest BCUT2D eigenvalue weighted by Gasteiger charge is -2.29. The predicted molar refractivity (Wildman–Crippen MR) is 109 cm³/mol. The molecule has 0 aliphatic heterocycles. The number of sulfone groups is 1. The van der Waals surface area contributed by atoms with Crippen LogP contribution in [0.15, 0.2) is 35.2 Å². The lowest BCUT2D eigenvalue weighted by Crippen LogP contribution is -2.41. The van der Waals surface area contributed by atoms with E-state index in [1.165, 1.54) is 16.8 Å². The number of amides is 1. The van der Waals surface area contributed by atoms with Gasteiger partial charge in [-0.05, 0) is 50.1 Å². The number of benzene rings is 1. The Bertz CT molecular complexity index is 1010. The molecule has 3 rings (SSSR count). The highest BCUT2D eigenvalue weighted by Gasteiger charge is 2.45. The normalized spacial score (nSPS) is 24.0. The Morgan fingerprint density at radius 3 is 2.37 bits per heavy atom. The third-order valence-electron chi connectivity index (χ3n) is 5.38. The second-order valence-electron chi connectivity index (χ2n) is 8.05. The molecule has 0 radical (unpaired) electrons. The smallest absolute Gasteiger partial charge is 0.269 e. The SMILES string of the molecule is Cc1cc(C(=O)NCC2(COc3ccc(S(C)(=O)=O)cc3)CC(O)C(O)C2)n(C)n1. The maximum Gasteiger partial charge on any atom is 0.269 e. The first-order chi connectivity index (χ1) is 14.0. The summed E-state index contributed by atoms with van der Waals surface area (Å²) in [5.41, 5.74) is 0.474. The molecule has 1 heterocycles. The summed E-state index contributed by atoms with van der Waals surface area (Å²) in [5.74, 6) is 0.164. The Kier molecular flexibility index (Phi) is 6.21. The molecule has 30 heavy (non-hydrogen) atoms. The summed E-state index contributed by atoms with van der Waals surface area (Å²) >= 11 is 0. The number of aliphatic hydroxyl groups excluding tert-OH is 2. The summed E-state index contributed by atoms with van der Waals surface area (Å²) in [6.45, 7) is 2.14. The van der Waals surface area contributed by atoms with Gasteiger partial charge in [-0.15, -0.1) is 0 Å². The van der Waals surface area contributed by atoms with E-state index in [0.29, 0.717) is 11.4 Å². The molecule has 1 saturated carbocycles. The van der Waals surface area contributed by atoms with E-state index in [1.54, 1.807) is 32.2 Å². The van der Waals surface area contributed by atoms with E-state index in [9.17, 15) is 23.4 Å². The van der Waals surface area contributed by atoms with E-state index in [4.69, 9.17) is 4.74 Å². The third kappa shape index (κ3) is 5.00. The second-order valence-corrected chi connectivity index (χ2v) is 10.1. The van der Waals surface area contributed by atoms with Crippen molar-refractivity contribution in [2.24, 2.45) is 12.5 Å². The summed E-state index contributed by atoms with van der Waals surface area (Å²) in [4.78, 5) is 12.7. The van der Waals surface area contributed by atoms with Gasteiger partial charge in [0, 0.05) is 25.3 Å². The monoisotopic (exact) mass is 437 g/mol. The highest BCUT2D eigenvalue weighted by molar-refractivity contribution is 7.90. The molecule has 0 spiro atoms. The summed E-state index contributed by atoms with van der Waals surface area (Å²) in [5, 5.41) is 27.2. The zero-order valence-corrected chi connectivity index (χ0v) is 18.0. The first-order valence-corrected chi connectivity index (χ1v) is 11.5. The van der Waals surface area contributed by atoms with Crippen molar-refractivity contribution in [1.82, 2.24) is 15.1 Å². The Morgan fingerprint density at radius 2 is 1.87 bits per heavy atom. The summed E-state index contributed by atoms with van der Waals surface area (Å²) in [6, 6.07) is 7.72. The Balaban J connectivity index is 1.69. The van der Waals surface area contributed by atoms with Gasteiger partial charge in [-0.2, -0.15) is 5.10 Å². The van der Waals surface area contributed by atoms with E-state index in [0.717, 1.165) is 11.9 Å². The maximum atomic E-state index is 12.6. The van der Waals surface area contributed by atoms with Crippen LogP contribution in [0.4, 0.5) is 0 Å². The topological polar surface area (TPSA) is 131 Å². The number of hydrogen-bond donors (Lipinski definition) is 3. The summed E-state index contributed by atoms with van der Waals surface area (Å²) in [7, 11) is -1.61. The van der Waals surface area contributed by atoms with Gasteiger partial charge in [0.05, 0.1) is 29.4 Å². The van der Waals surface area contributed by atoms with Crippen molar-refractivity contribution in [3.8, 4) is 5.75 Å². The van der Waals surface area contributed by atoms with Crippen molar-refractivity contribution < 1.29 is 28.2 Å². The van der Waals surface area contributed by atoms with Gasteiger partial charge < -0.3 is 20.3 Å². The van der Waals surface area contributed by atoms with E-state index in [1.807, 2.05) is 0 Å². The van der Waals surface area contributed by atoms with E-state index in [2.05, 4.69) is 10.4 Å². The molecule has 1 amide bonds. The van der Waals surface area contributed by atoms with Crippen LogP contribution in [0.2, 0.25) is 0 Å². The fourth-order valence-corrected chi connectivity index (χ4v) is 4.39. The van der Waals surface area contributed by atoms with Gasteiger partial charge >= 0.3 is 0 Å². The van der Waals surface area contributed by atoms with Crippen LogP contribution in [0.1, 0.15) is 29.0 Å². The van der Waals surface area contributed by atoms with E-state index in [-0.39, 0.29) is 36.8 Å². The van der Waals surface area contributed by atoms with Crippen LogP contribution in [0, 0.1) is 12.3 Å². The molecule has 3 N–H and O–H groups in total. The number of rotatable bonds is 7. The number of aliphatic hydroxyl groups is 2. The van der Waals surface area contributed by atoms with Crippen LogP contribution in [0.25, 0.3) is 0 Å². The standard InChI is InChI=1S/C20H27N3O6S/c1-13-8-16(23(2)22-13)19(26)21-11-20(9-17(24)18(25)10-20)12-29-14-4-6-15(7-5-14)30(3,27)28/h4-8,17-18,24-25H,9-12H2,1-3H3,(H,21,26). The molecular formula is C20H27N3O6S. The molecule has 2 unspecified atom stereocenters. The minimum Gasteiger partial charge on any atom is -0.493 e. The van der Waals surface area contributed by atoms with Crippen molar-refractivity contribution in [2.75, 3.05) is 19.4 Å². The third-order valence-corrected chi connectivity index (χ3v) is 6.51. The summed E-state index contributed by atoms with van der Waals surface area (Å²) in [6.07, 6.45) is -0.152. The van der Waals surface area contributed by atoms with Crippen LogP contribution < -0.4 is 10.1 Å². The fraction of sp³-hybridized carbons (Fsp3) is 0.500. The first-order valence-electron chi connectivity index (χ1n) is 9.57.